The molecule has 0 aliphatic carbocycles. The number of carbonyl (C=O) groups is 1. The van der Waals surface area contributed by atoms with E-state index in [0.29, 0.717) is 29.4 Å². The third-order valence-electron chi connectivity index (χ3n) is 4.50. The molecule has 3 aromatic rings. The number of allylic oxidation sites excluding steroid dienone is 3. The third-order valence-corrected chi connectivity index (χ3v) is 4.50. The minimum atomic E-state index is -0.113. The first-order chi connectivity index (χ1) is 13.7. The Morgan fingerprint density at radius 3 is 2.54 bits per heavy atom. The van der Waals surface area contributed by atoms with Crippen LogP contribution in [0, 0.1) is 6.92 Å². The van der Waals surface area contributed by atoms with Gasteiger partial charge in [0.05, 0.1) is 5.56 Å². The van der Waals surface area contributed by atoms with Crippen molar-refractivity contribution in [1.82, 2.24) is 0 Å². The molecule has 28 heavy (non-hydrogen) atoms. The van der Waals surface area contributed by atoms with Crippen molar-refractivity contribution in [3.8, 4) is 11.5 Å². The fourth-order valence-electron chi connectivity index (χ4n) is 2.93. The molecule has 1 aliphatic rings. The molecule has 3 aromatic carbocycles. The Balaban J connectivity index is 1.44. The summed E-state index contributed by atoms with van der Waals surface area (Å²) >= 11 is 0. The number of rotatable bonds is 5. The lowest BCUT2D eigenvalue weighted by molar-refractivity contribution is 0.101. The lowest BCUT2D eigenvalue weighted by Gasteiger charge is -2.07. The Morgan fingerprint density at radius 1 is 0.964 bits per heavy atom. The van der Waals surface area contributed by atoms with E-state index in [-0.39, 0.29) is 5.78 Å². The standard InChI is InChI=1S/C25H20O3/c1-18-10-12-20(13-11-18)17-27-21-14-15-22-24(16-21)28-23(25(22)26)9-5-8-19-6-3-2-4-7-19/h2-16H,17H2,1H3/b8-5+,23-9-. The number of fused-ring (bicyclic) bond motifs is 1. The molecule has 3 nitrogen and oxygen atoms in total. The van der Waals surface area contributed by atoms with E-state index in [2.05, 4.69) is 19.1 Å². The molecule has 0 fully saturated rings. The van der Waals surface area contributed by atoms with Crippen molar-refractivity contribution in [2.75, 3.05) is 0 Å². The van der Waals surface area contributed by atoms with Crippen LogP contribution in [0.1, 0.15) is 27.0 Å². The first-order valence-electron chi connectivity index (χ1n) is 9.17. The molecule has 0 aromatic heterocycles. The summed E-state index contributed by atoms with van der Waals surface area (Å²) in [5.74, 6) is 1.41. The van der Waals surface area contributed by atoms with Crippen molar-refractivity contribution >= 4 is 11.9 Å². The number of aryl methyl sites for hydroxylation is 1. The van der Waals surface area contributed by atoms with Gasteiger partial charge in [-0.1, -0.05) is 72.3 Å². The number of ketones is 1. The molecule has 0 atom stereocenters. The largest absolute Gasteiger partial charge is 0.489 e. The van der Waals surface area contributed by atoms with Gasteiger partial charge in [-0.05, 0) is 36.3 Å². The molecular weight excluding hydrogens is 348 g/mol. The highest BCUT2D eigenvalue weighted by atomic mass is 16.5. The average Bonchev–Trinajstić information content (AvgIpc) is 3.03. The van der Waals surface area contributed by atoms with Crippen molar-refractivity contribution in [2.24, 2.45) is 0 Å². The maximum atomic E-state index is 12.5. The average molecular weight is 368 g/mol. The summed E-state index contributed by atoms with van der Waals surface area (Å²) in [5.41, 5.74) is 3.93. The lowest BCUT2D eigenvalue weighted by atomic mass is 10.1. The first kappa shape index (κ1) is 17.8. The Morgan fingerprint density at radius 2 is 1.75 bits per heavy atom. The van der Waals surface area contributed by atoms with E-state index in [9.17, 15) is 4.79 Å². The van der Waals surface area contributed by atoms with Gasteiger partial charge in [0.1, 0.15) is 18.1 Å². The Hall–Kier alpha value is -3.59. The summed E-state index contributed by atoms with van der Waals surface area (Å²) in [7, 11) is 0. The van der Waals surface area contributed by atoms with Gasteiger partial charge in [0, 0.05) is 6.07 Å². The van der Waals surface area contributed by atoms with Crippen LogP contribution < -0.4 is 9.47 Å². The zero-order chi connectivity index (χ0) is 19.3. The summed E-state index contributed by atoms with van der Waals surface area (Å²) in [6.07, 6.45) is 5.45. The quantitative estimate of drug-likeness (QED) is 0.538. The topological polar surface area (TPSA) is 35.5 Å². The zero-order valence-corrected chi connectivity index (χ0v) is 15.6. The third kappa shape index (κ3) is 4.04. The molecule has 1 heterocycles. The minimum absolute atomic E-state index is 0.113. The van der Waals surface area contributed by atoms with Gasteiger partial charge in [0.2, 0.25) is 5.78 Å². The molecule has 0 unspecified atom stereocenters. The van der Waals surface area contributed by atoms with E-state index in [4.69, 9.17) is 9.47 Å². The van der Waals surface area contributed by atoms with E-state index >= 15 is 0 Å². The summed E-state index contributed by atoms with van der Waals surface area (Å²) in [4.78, 5) is 12.5. The van der Waals surface area contributed by atoms with Gasteiger partial charge < -0.3 is 9.47 Å². The summed E-state index contributed by atoms with van der Waals surface area (Å²) in [5, 5.41) is 0. The molecule has 0 saturated heterocycles. The van der Waals surface area contributed by atoms with E-state index in [1.807, 2.05) is 54.6 Å². The van der Waals surface area contributed by atoms with Crippen LogP contribution >= 0.6 is 0 Å². The maximum absolute atomic E-state index is 12.5. The van der Waals surface area contributed by atoms with Crippen LogP contribution in [0.3, 0.4) is 0 Å². The van der Waals surface area contributed by atoms with Crippen LogP contribution in [0.5, 0.6) is 11.5 Å². The highest BCUT2D eigenvalue weighted by Crippen LogP contribution is 2.34. The Kier molecular flexibility index (Phi) is 5.07. The number of ether oxygens (including phenoxy) is 2. The van der Waals surface area contributed by atoms with Crippen molar-refractivity contribution in [3.63, 3.8) is 0 Å². The number of hydrogen-bond donors (Lipinski definition) is 0. The van der Waals surface area contributed by atoms with Crippen LogP contribution in [0.25, 0.3) is 6.08 Å². The predicted octanol–water partition coefficient (Wildman–Crippen LogP) is 5.75. The second kappa shape index (κ2) is 7.97. The monoisotopic (exact) mass is 368 g/mol. The van der Waals surface area contributed by atoms with Crippen molar-refractivity contribution in [2.45, 2.75) is 13.5 Å². The molecule has 0 spiro atoms. The number of hydrogen-bond acceptors (Lipinski definition) is 3. The van der Waals surface area contributed by atoms with E-state index < -0.39 is 0 Å². The fourth-order valence-corrected chi connectivity index (χ4v) is 2.93. The molecule has 4 rings (SSSR count). The smallest absolute Gasteiger partial charge is 0.231 e. The Labute approximate surface area is 164 Å². The molecule has 0 bridgehead atoms. The second-order valence-corrected chi connectivity index (χ2v) is 6.66. The second-order valence-electron chi connectivity index (χ2n) is 6.66. The highest BCUT2D eigenvalue weighted by Gasteiger charge is 2.27. The van der Waals surface area contributed by atoms with Crippen LogP contribution in [0.2, 0.25) is 0 Å². The van der Waals surface area contributed by atoms with E-state index in [0.717, 1.165) is 11.1 Å². The van der Waals surface area contributed by atoms with Crippen molar-refractivity contribution in [1.29, 1.82) is 0 Å². The maximum Gasteiger partial charge on any atom is 0.231 e. The van der Waals surface area contributed by atoms with Crippen LogP contribution in [-0.4, -0.2) is 5.78 Å². The highest BCUT2D eigenvalue weighted by molar-refractivity contribution is 6.12. The van der Waals surface area contributed by atoms with E-state index in [1.165, 1.54) is 5.56 Å². The zero-order valence-electron chi connectivity index (χ0n) is 15.6. The fraction of sp³-hybridized carbons (Fsp3) is 0.0800. The molecule has 0 saturated carbocycles. The van der Waals surface area contributed by atoms with Gasteiger partial charge in [-0.15, -0.1) is 0 Å². The molecule has 0 N–H and O–H groups in total. The van der Waals surface area contributed by atoms with Gasteiger partial charge in [-0.25, -0.2) is 0 Å². The van der Waals surface area contributed by atoms with Gasteiger partial charge >= 0.3 is 0 Å². The predicted molar refractivity (Wildman–Crippen MR) is 110 cm³/mol. The molecule has 1 aliphatic heterocycles. The molecule has 0 amide bonds. The van der Waals surface area contributed by atoms with E-state index in [1.54, 1.807) is 24.3 Å². The van der Waals surface area contributed by atoms with Gasteiger partial charge in [0.25, 0.3) is 0 Å². The number of benzene rings is 3. The van der Waals surface area contributed by atoms with Crippen LogP contribution in [0.15, 0.2) is 90.7 Å². The van der Waals surface area contributed by atoms with Crippen LogP contribution in [-0.2, 0) is 6.61 Å². The van der Waals surface area contributed by atoms with Gasteiger partial charge in [0.15, 0.2) is 5.76 Å². The SMILES string of the molecule is Cc1ccc(COc2ccc3c(c2)O/C(=C\C=C\c2ccccc2)C3=O)cc1. The van der Waals surface area contributed by atoms with Crippen LogP contribution in [0.4, 0.5) is 0 Å². The molecular formula is C25H20O3. The summed E-state index contributed by atoms with van der Waals surface area (Å²) in [6, 6.07) is 23.4. The Bertz CT molecular complexity index is 1040. The number of Topliss-reactive ketones (excluding diaryl/α,β-unsaturated/α-hetero) is 1. The first-order valence-corrected chi connectivity index (χ1v) is 9.17. The molecule has 0 radical (unpaired) electrons. The summed E-state index contributed by atoms with van der Waals surface area (Å²) < 4.78 is 11.6. The molecule has 3 heteroatoms. The number of carbonyl (C=O) groups excluding carboxylic acids is 1. The van der Waals surface area contributed by atoms with Crippen molar-refractivity contribution in [3.05, 3.63) is 113 Å². The lowest BCUT2D eigenvalue weighted by Crippen LogP contribution is -1.97. The van der Waals surface area contributed by atoms with Gasteiger partial charge in [-0.2, -0.15) is 0 Å². The van der Waals surface area contributed by atoms with Gasteiger partial charge in [-0.3, -0.25) is 4.79 Å². The normalized spacial score (nSPS) is 14.3. The molecule has 138 valence electrons. The minimum Gasteiger partial charge on any atom is -0.489 e. The van der Waals surface area contributed by atoms with Crippen molar-refractivity contribution < 1.29 is 14.3 Å². The summed E-state index contributed by atoms with van der Waals surface area (Å²) in [6.45, 7) is 2.52.